The zero-order chi connectivity index (χ0) is 18.4. The van der Waals surface area contributed by atoms with Gasteiger partial charge in [0.1, 0.15) is 5.75 Å². The number of anilines is 1. The lowest BCUT2D eigenvalue weighted by atomic mass is 10.2. The maximum atomic E-state index is 12.1. The first-order valence-electron chi connectivity index (χ1n) is 7.84. The molecule has 1 aromatic carbocycles. The van der Waals surface area contributed by atoms with Gasteiger partial charge >= 0.3 is 0 Å². The van der Waals surface area contributed by atoms with Crippen LogP contribution in [-0.4, -0.2) is 49.4 Å². The summed E-state index contributed by atoms with van der Waals surface area (Å²) in [6, 6.07) is 4.98. The van der Waals surface area contributed by atoms with Gasteiger partial charge in [-0.15, -0.1) is 0 Å². The lowest BCUT2D eigenvalue weighted by Gasteiger charge is -2.25. The molecule has 136 valence electrons. The first-order valence-corrected chi connectivity index (χ1v) is 10.9. The van der Waals surface area contributed by atoms with E-state index in [1.165, 1.54) is 18.9 Å². The first kappa shape index (κ1) is 18.5. The number of aliphatic imine (C=N–C) groups is 1. The third-order valence-corrected chi connectivity index (χ3v) is 7.68. The van der Waals surface area contributed by atoms with Crippen molar-refractivity contribution in [2.45, 2.75) is 25.1 Å². The maximum Gasteiger partial charge on any atom is 0.250 e. The summed E-state index contributed by atoms with van der Waals surface area (Å²) >= 11 is 7.58. The van der Waals surface area contributed by atoms with E-state index in [9.17, 15) is 13.2 Å². The molecule has 25 heavy (non-hydrogen) atoms. The van der Waals surface area contributed by atoms with Gasteiger partial charge < -0.3 is 9.64 Å². The van der Waals surface area contributed by atoms with Crippen molar-refractivity contribution in [1.82, 2.24) is 0 Å². The molecule has 0 unspecified atom stereocenters. The summed E-state index contributed by atoms with van der Waals surface area (Å²) in [6.07, 6.45) is 0. The van der Waals surface area contributed by atoms with E-state index >= 15 is 0 Å². The second-order valence-corrected chi connectivity index (χ2v) is 10.1. The fourth-order valence-electron chi connectivity index (χ4n) is 2.89. The molecule has 2 atom stereocenters. The minimum Gasteiger partial charge on any atom is -0.495 e. The Morgan fingerprint density at radius 3 is 2.72 bits per heavy atom. The van der Waals surface area contributed by atoms with Crippen molar-refractivity contribution < 1.29 is 17.9 Å². The van der Waals surface area contributed by atoms with Crippen LogP contribution in [0.5, 0.6) is 5.75 Å². The number of amidine groups is 1. The van der Waals surface area contributed by atoms with E-state index in [0.29, 0.717) is 21.6 Å². The zero-order valence-corrected chi connectivity index (χ0v) is 16.5. The van der Waals surface area contributed by atoms with Crippen LogP contribution in [0.25, 0.3) is 0 Å². The van der Waals surface area contributed by atoms with Crippen molar-refractivity contribution in [1.29, 1.82) is 0 Å². The Kier molecular flexibility index (Phi) is 5.05. The number of benzene rings is 1. The number of fused-ring (bicyclic) bond motifs is 1. The number of carbonyl (C=O) groups is 1. The number of hydrogen-bond donors (Lipinski definition) is 0. The standard InChI is InChI=1S/C16H19ClN2O4S2/c1-9(2)15(20)18-16-19(10-4-5-13(23-3)11(17)6-10)12-7-25(21,22)8-14(12)24-16/h4-6,9,12,14H,7-8H2,1-3H3/t12-,14-/m1/s1. The summed E-state index contributed by atoms with van der Waals surface area (Å²) in [5.74, 6) is 0.221. The highest BCUT2D eigenvalue weighted by Gasteiger charge is 2.49. The molecule has 0 aliphatic carbocycles. The minimum atomic E-state index is -3.10. The molecule has 1 aromatic rings. The average Bonchev–Trinajstić information content (AvgIpc) is 2.97. The van der Waals surface area contributed by atoms with Gasteiger partial charge in [0.15, 0.2) is 15.0 Å². The number of hydrogen-bond acceptors (Lipinski definition) is 5. The highest BCUT2D eigenvalue weighted by atomic mass is 35.5. The van der Waals surface area contributed by atoms with Crippen LogP contribution in [0, 0.1) is 5.92 Å². The Morgan fingerprint density at radius 1 is 1.40 bits per heavy atom. The number of rotatable bonds is 3. The molecule has 0 saturated carbocycles. The smallest absolute Gasteiger partial charge is 0.250 e. The zero-order valence-electron chi connectivity index (χ0n) is 14.1. The van der Waals surface area contributed by atoms with E-state index in [4.69, 9.17) is 16.3 Å². The van der Waals surface area contributed by atoms with Crippen molar-refractivity contribution in [3.63, 3.8) is 0 Å². The third kappa shape index (κ3) is 3.66. The van der Waals surface area contributed by atoms with Crippen LogP contribution in [-0.2, 0) is 14.6 Å². The van der Waals surface area contributed by atoms with Gasteiger partial charge in [-0.2, -0.15) is 4.99 Å². The van der Waals surface area contributed by atoms with Gasteiger partial charge in [0, 0.05) is 16.9 Å². The molecule has 2 aliphatic heterocycles. The minimum absolute atomic E-state index is 0.0448. The van der Waals surface area contributed by atoms with Gasteiger partial charge in [0.05, 0.1) is 29.7 Å². The normalized spacial score (nSPS) is 26.3. The molecule has 1 amide bonds. The Balaban J connectivity index is 2.03. The highest BCUT2D eigenvalue weighted by molar-refractivity contribution is 8.16. The third-order valence-electron chi connectivity index (χ3n) is 4.18. The van der Waals surface area contributed by atoms with E-state index in [-0.39, 0.29) is 34.6 Å². The summed E-state index contributed by atoms with van der Waals surface area (Å²) < 4.78 is 29.2. The molecule has 2 heterocycles. The number of thioether (sulfide) groups is 1. The van der Waals surface area contributed by atoms with Crippen LogP contribution in [0.3, 0.4) is 0 Å². The molecule has 0 aromatic heterocycles. The SMILES string of the molecule is COc1ccc(N2C(=NC(=O)C(C)C)S[C@@H]3CS(=O)(=O)C[C@H]32)cc1Cl. The van der Waals surface area contributed by atoms with E-state index < -0.39 is 9.84 Å². The molecule has 3 rings (SSSR count). The summed E-state index contributed by atoms with van der Waals surface area (Å²) in [7, 11) is -1.57. The summed E-state index contributed by atoms with van der Waals surface area (Å²) in [4.78, 5) is 18.2. The molecule has 0 spiro atoms. The molecular formula is C16H19ClN2O4S2. The van der Waals surface area contributed by atoms with Crippen molar-refractivity contribution in [2.75, 3.05) is 23.5 Å². The quantitative estimate of drug-likeness (QED) is 0.773. The van der Waals surface area contributed by atoms with Gasteiger partial charge in [-0.25, -0.2) is 8.42 Å². The van der Waals surface area contributed by atoms with Crippen LogP contribution in [0.4, 0.5) is 5.69 Å². The first-order chi connectivity index (χ1) is 11.7. The molecule has 2 saturated heterocycles. The fraction of sp³-hybridized carbons (Fsp3) is 0.500. The lowest BCUT2D eigenvalue weighted by Crippen LogP contribution is -2.37. The lowest BCUT2D eigenvalue weighted by molar-refractivity contribution is -0.120. The number of amides is 1. The maximum absolute atomic E-state index is 12.1. The molecule has 0 bridgehead atoms. The molecule has 0 radical (unpaired) electrons. The van der Waals surface area contributed by atoms with E-state index in [2.05, 4.69) is 4.99 Å². The molecule has 0 N–H and O–H groups in total. The second-order valence-electron chi connectivity index (χ2n) is 6.38. The Bertz CT molecular complexity index is 839. The van der Waals surface area contributed by atoms with Crippen LogP contribution >= 0.6 is 23.4 Å². The van der Waals surface area contributed by atoms with Crippen LogP contribution in [0.2, 0.25) is 5.02 Å². The Labute approximate surface area is 156 Å². The second kappa shape index (κ2) is 6.81. The van der Waals surface area contributed by atoms with Crippen molar-refractivity contribution in [3.8, 4) is 5.75 Å². The number of sulfone groups is 1. The van der Waals surface area contributed by atoms with Gasteiger partial charge in [-0.3, -0.25) is 4.79 Å². The van der Waals surface area contributed by atoms with Gasteiger partial charge in [0.2, 0.25) is 0 Å². The van der Waals surface area contributed by atoms with Crippen LogP contribution in [0.15, 0.2) is 23.2 Å². The molecular weight excluding hydrogens is 384 g/mol. The summed E-state index contributed by atoms with van der Waals surface area (Å²) in [5, 5.41) is 0.818. The number of methoxy groups -OCH3 is 1. The van der Waals surface area contributed by atoms with Gasteiger partial charge in [-0.05, 0) is 18.2 Å². The largest absolute Gasteiger partial charge is 0.495 e. The van der Waals surface area contributed by atoms with E-state index in [1.807, 2.05) is 4.90 Å². The average molecular weight is 403 g/mol. The molecule has 6 nitrogen and oxygen atoms in total. The molecule has 9 heteroatoms. The number of carbonyl (C=O) groups excluding carboxylic acids is 1. The Morgan fingerprint density at radius 2 is 2.12 bits per heavy atom. The van der Waals surface area contributed by atoms with Crippen LogP contribution < -0.4 is 9.64 Å². The molecule has 2 aliphatic rings. The highest BCUT2D eigenvalue weighted by Crippen LogP contribution is 2.42. The van der Waals surface area contributed by atoms with E-state index in [0.717, 1.165) is 0 Å². The van der Waals surface area contributed by atoms with Crippen molar-refractivity contribution >= 4 is 50.0 Å². The fourth-order valence-corrected chi connectivity index (χ4v) is 7.07. The van der Waals surface area contributed by atoms with Gasteiger partial charge in [-0.1, -0.05) is 37.2 Å². The summed E-state index contributed by atoms with van der Waals surface area (Å²) in [6.45, 7) is 3.57. The molecule has 2 fully saturated rings. The predicted octanol–water partition coefficient (Wildman–Crippen LogP) is 2.61. The number of ether oxygens (including phenoxy) is 1. The summed E-state index contributed by atoms with van der Waals surface area (Å²) in [5.41, 5.74) is 0.707. The number of halogens is 1. The predicted molar refractivity (Wildman–Crippen MR) is 102 cm³/mol. The monoisotopic (exact) mass is 402 g/mol. The number of nitrogens with zero attached hydrogens (tertiary/aromatic N) is 2. The Hall–Kier alpha value is -1.25. The van der Waals surface area contributed by atoms with Crippen LogP contribution in [0.1, 0.15) is 13.8 Å². The van der Waals surface area contributed by atoms with Gasteiger partial charge in [0.25, 0.3) is 5.91 Å². The van der Waals surface area contributed by atoms with Crippen molar-refractivity contribution in [2.24, 2.45) is 10.9 Å². The topological polar surface area (TPSA) is 76.0 Å². The van der Waals surface area contributed by atoms with Crippen molar-refractivity contribution in [3.05, 3.63) is 23.2 Å². The van der Waals surface area contributed by atoms with E-state index in [1.54, 1.807) is 32.0 Å².